The Hall–Kier alpha value is -3.49. The zero-order valence-electron chi connectivity index (χ0n) is 16.6. The summed E-state index contributed by atoms with van der Waals surface area (Å²) in [6, 6.07) is -3.00. The molecule has 1 aromatic heterocycles. The number of carbonyl (C=O) groups excluding carboxylic acids is 3. The second kappa shape index (κ2) is 11.1. The Bertz CT molecular complexity index is 1130. The van der Waals surface area contributed by atoms with Crippen molar-refractivity contribution in [3.8, 4) is 0 Å². The molecule has 2 atom stereocenters. The minimum absolute atomic E-state index is 0.0210. The molecule has 1 fully saturated rings. The maximum atomic E-state index is 12.7. The fourth-order valence-corrected chi connectivity index (χ4v) is 4.81. The number of β-lactam (4-membered cyclic amide) rings is 1. The van der Waals surface area contributed by atoms with E-state index in [1.165, 1.54) is 5.38 Å². The Kier molecular flexibility index (Phi) is 8.73. The van der Waals surface area contributed by atoms with Gasteiger partial charge in [-0.05, 0) is 0 Å². The van der Waals surface area contributed by atoms with E-state index < -0.39 is 76.0 Å². The minimum Gasteiger partial charge on any atom is -0.480 e. The Balaban J connectivity index is 2.19. The van der Waals surface area contributed by atoms with E-state index in [0.717, 1.165) is 11.3 Å². The first kappa shape index (κ1) is 26.8. The molecule has 0 bridgehead atoms. The molecule has 1 aliphatic heterocycles. The van der Waals surface area contributed by atoms with Gasteiger partial charge in [-0.3, -0.25) is 23.7 Å². The van der Waals surface area contributed by atoms with Crippen LogP contribution in [0.2, 0.25) is 0 Å². The third-order valence-corrected chi connectivity index (χ3v) is 6.33. The molecular weight excluding hydrogens is 524 g/mol. The Morgan fingerprint density at radius 1 is 1.29 bits per heavy atom. The molecule has 0 aromatic carbocycles. The molecule has 0 aliphatic carbocycles. The van der Waals surface area contributed by atoms with Gasteiger partial charge < -0.3 is 31.4 Å². The molecule has 20 heteroatoms. The highest BCUT2D eigenvalue weighted by atomic mass is 32.2. The van der Waals surface area contributed by atoms with Gasteiger partial charge in [0, 0.05) is 11.1 Å². The molecule has 0 radical (unpaired) electrons. The van der Waals surface area contributed by atoms with Crippen LogP contribution in [0, 0.1) is 0 Å². The Morgan fingerprint density at radius 2 is 1.97 bits per heavy atom. The standard InChI is InChI=1S/C14H16N6O11S3/c15-13-17-5(3-32-13)9(19-31-2-8(23)24)11(25)18-10-6(20(12(10)26)34(28,29)30)4-33-14(27)16-1-7(21)22/h3,6,10H,1-2,4H2,(H2,15,17)(H,16,27)(H,18,25)(H,21,22)(H,23,24)(H,28,29,30)/b19-9+/t6-,10+/m1/s1. The molecule has 186 valence electrons. The minimum atomic E-state index is -5.05. The van der Waals surface area contributed by atoms with E-state index in [1.54, 1.807) is 0 Å². The third kappa shape index (κ3) is 7.00. The Labute approximate surface area is 198 Å². The highest BCUT2D eigenvalue weighted by Crippen LogP contribution is 2.27. The number of oxime groups is 1. The van der Waals surface area contributed by atoms with E-state index in [9.17, 15) is 36.9 Å². The number of rotatable bonds is 11. The number of carbonyl (C=O) groups is 5. The van der Waals surface area contributed by atoms with Gasteiger partial charge in [0.05, 0.1) is 6.04 Å². The topological polar surface area (TPSA) is 268 Å². The van der Waals surface area contributed by atoms with E-state index in [0.29, 0.717) is 11.8 Å². The van der Waals surface area contributed by atoms with Gasteiger partial charge in [0.1, 0.15) is 18.3 Å². The average Bonchev–Trinajstić information content (AvgIpc) is 3.14. The molecule has 1 saturated heterocycles. The summed E-state index contributed by atoms with van der Waals surface area (Å²) >= 11 is 1.31. The Morgan fingerprint density at radius 3 is 2.50 bits per heavy atom. The van der Waals surface area contributed by atoms with Crippen molar-refractivity contribution >= 4 is 73.2 Å². The number of thioether (sulfide) groups is 1. The monoisotopic (exact) mass is 540 g/mol. The van der Waals surface area contributed by atoms with Gasteiger partial charge in [0.2, 0.25) is 6.61 Å². The van der Waals surface area contributed by atoms with Crippen molar-refractivity contribution in [2.75, 3.05) is 24.6 Å². The van der Waals surface area contributed by atoms with Crippen molar-refractivity contribution in [1.82, 2.24) is 19.9 Å². The lowest BCUT2D eigenvalue weighted by molar-refractivity contribution is -0.143. The number of aromatic nitrogens is 1. The number of nitrogen functional groups attached to an aromatic ring is 1. The first-order chi connectivity index (χ1) is 15.8. The van der Waals surface area contributed by atoms with E-state index >= 15 is 0 Å². The van der Waals surface area contributed by atoms with Crippen LogP contribution < -0.4 is 16.4 Å². The largest absolute Gasteiger partial charge is 0.480 e. The summed E-state index contributed by atoms with van der Waals surface area (Å²) < 4.78 is 32.4. The fourth-order valence-electron chi connectivity index (χ4n) is 2.45. The molecule has 1 aliphatic rings. The SMILES string of the molecule is Nc1nc(/C(=N\OCC(=O)O)C(=O)N[C@@H]2C(=O)N(S(=O)(=O)O)[C@@H]2CSC(=O)NCC(=O)O)cs1. The van der Waals surface area contributed by atoms with Gasteiger partial charge in [-0.2, -0.15) is 8.42 Å². The van der Waals surface area contributed by atoms with Crippen LogP contribution in [0.3, 0.4) is 0 Å². The molecule has 2 rings (SSSR count). The van der Waals surface area contributed by atoms with E-state index in [1.807, 2.05) is 5.32 Å². The molecular formula is C14H16N6O11S3. The van der Waals surface area contributed by atoms with Gasteiger partial charge in [0.25, 0.3) is 17.1 Å². The molecule has 7 N–H and O–H groups in total. The number of nitrogens with one attached hydrogen (secondary N) is 2. The quantitative estimate of drug-likeness (QED) is 0.0736. The number of amides is 3. The van der Waals surface area contributed by atoms with Crippen molar-refractivity contribution in [1.29, 1.82) is 0 Å². The maximum absolute atomic E-state index is 12.7. The zero-order valence-corrected chi connectivity index (χ0v) is 19.1. The number of nitrogens with zero attached hydrogens (tertiary/aromatic N) is 3. The number of aliphatic carboxylic acids is 2. The van der Waals surface area contributed by atoms with Crippen molar-refractivity contribution in [3.05, 3.63) is 11.1 Å². The lowest BCUT2D eigenvalue weighted by Crippen LogP contribution is -2.73. The summed E-state index contributed by atoms with van der Waals surface area (Å²) in [5, 5.41) is 25.2. The van der Waals surface area contributed by atoms with Gasteiger partial charge in [0.15, 0.2) is 10.8 Å². The normalized spacial score (nSPS) is 18.1. The van der Waals surface area contributed by atoms with Gasteiger partial charge in [-0.1, -0.05) is 16.9 Å². The average molecular weight is 541 g/mol. The molecule has 0 saturated carbocycles. The second-order valence-electron chi connectivity index (χ2n) is 6.15. The van der Waals surface area contributed by atoms with Crippen LogP contribution in [0.5, 0.6) is 0 Å². The number of hydrogen-bond donors (Lipinski definition) is 6. The number of carboxylic acids is 2. The van der Waals surface area contributed by atoms with Crippen LogP contribution in [0.25, 0.3) is 0 Å². The van der Waals surface area contributed by atoms with Crippen molar-refractivity contribution in [3.63, 3.8) is 0 Å². The van der Waals surface area contributed by atoms with Crippen LogP contribution in [0.4, 0.5) is 9.93 Å². The molecule has 2 heterocycles. The van der Waals surface area contributed by atoms with Crippen LogP contribution in [-0.4, -0.2) is 98.2 Å². The fraction of sp³-hybridized carbons (Fsp3) is 0.357. The predicted octanol–water partition coefficient (Wildman–Crippen LogP) is -2.44. The van der Waals surface area contributed by atoms with E-state index in [4.69, 9.17) is 15.9 Å². The lowest BCUT2D eigenvalue weighted by Gasteiger charge is -2.43. The number of thiazole rings is 1. The molecule has 3 amide bonds. The molecule has 0 unspecified atom stereocenters. The van der Waals surface area contributed by atoms with Crippen molar-refractivity contribution < 1.29 is 52.0 Å². The van der Waals surface area contributed by atoms with Crippen LogP contribution in [0.15, 0.2) is 10.5 Å². The summed E-state index contributed by atoms with van der Waals surface area (Å²) in [7, 11) is -5.05. The maximum Gasteiger partial charge on any atom is 0.362 e. The highest BCUT2D eigenvalue weighted by molar-refractivity contribution is 8.13. The van der Waals surface area contributed by atoms with Crippen LogP contribution in [0.1, 0.15) is 5.69 Å². The number of nitrogens with two attached hydrogens (primary N) is 1. The first-order valence-corrected chi connectivity index (χ1v) is 11.9. The molecule has 17 nitrogen and oxygen atoms in total. The predicted molar refractivity (Wildman–Crippen MR) is 114 cm³/mol. The summed E-state index contributed by atoms with van der Waals surface area (Å²) in [6.45, 7) is -1.63. The number of carboxylic acid groups (broad SMARTS) is 2. The summed E-state index contributed by atoms with van der Waals surface area (Å²) in [6.07, 6.45) is 0. The van der Waals surface area contributed by atoms with Crippen LogP contribution >= 0.6 is 23.1 Å². The number of anilines is 1. The van der Waals surface area contributed by atoms with Crippen molar-refractivity contribution in [2.24, 2.45) is 5.16 Å². The lowest BCUT2D eigenvalue weighted by atomic mass is 10.0. The van der Waals surface area contributed by atoms with Gasteiger partial charge in [-0.15, -0.1) is 11.3 Å². The summed E-state index contributed by atoms with van der Waals surface area (Å²) in [4.78, 5) is 66.2. The van der Waals surface area contributed by atoms with Gasteiger partial charge in [-0.25, -0.2) is 14.1 Å². The molecule has 1 aromatic rings. The number of hydrogen-bond acceptors (Lipinski definition) is 13. The first-order valence-electron chi connectivity index (χ1n) is 8.68. The third-order valence-electron chi connectivity index (χ3n) is 3.80. The smallest absolute Gasteiger partial charge is 0.362 e. The van der Waals surface area contributed by atoms with E-state index in [2.05, 4.69) is 20.3 Å². The summed E-state index contributed by atoms with van der Waals surface area (Å²) in [5.74, 6) is -5.58. The second-order valence-corrected chi connectivity index (χ2v) is 9.33. The molecule has 34 heavy (non-hydrogen) atoms. The summed E-state index contributed by atoms with van der Waals surface area (Å²) in [5.41, 5.74) is 4.78. The van der Waals surface area contributed by atoms with E-state index in [-0.39, 0.29) is 15.1 Å². The van der Waals surface area contributed by atoms with Crippen molar-refractivity contribution in [2.45, 2.75) is 12.1 Å². The van der Waals surface area contributed by atoms with Crippen LogP contribution in [-0.2, 0) is 34.3 Å². The van der Waals surface area contributed by atoms with Gasteiger partial charge >= 0.3 is 22.2 Å². The molecule has 0 spiro atoms. The highest BCUT2D eigenvalue weighted by Gasteiger charge is 2.54. The zero-order chi connectivity index (χ0) is 25.6.